The fourth-order valence-corrected chi connectivity index (χ4v) is 1.54. The van der Waals surface area contributed by atoms with Gasteiger partial charge in [0.15, 0.2) is 0 Å². The van der Waals surface area contributed by atoms with Crippen LogP contribution in [0.3, 0.4) is 0 Å². The van der Waals surface area contributed by atoms with E-state index in [4.69, 9.17) is 0 Å². The van der Waals surface area contributed by atoms with E-state index in [0.29, 0.717) is 0 Å². The van der Waals surface area contributed by atoms with Gasteiger partial charge in [-0.3, -0.25) is 5.10 Å². The van der Waals surface area contributed by atoms with E-state index in [1.54, 1.807) is 11.3 Å². The van der Waals surface area contributed by atoms with Crippen LogP contribution in [-0.2, 0) is 0 Å². The van der Waals surface area contributed by atoms with E-state index in [1.165, 1.54) is 5.56 Å². The Morgan fingerprint density at radius 1 is 1.33 bits per heavy atom. The molecule has 2 aromatic rings. The summed E-state index contributed by atoms with van der Waals surface area (Å²) >= 11 is 1.70. The minimum absolute atomic E-state index is 0.959. The van der Waals surface area contributed by atoms with Crippen molar-refractivity contribution in [3.63, 3.8) is 0 Å². The first-order valence-corrected chi connectivity index (χ1v) is 4.59. The highest BCUT2D eigenvalue weighted by Crippen LogP contribution is 2.09. The number of aromatic nitrogens is 2. The summed E-state index contributed by atoms with van der Waals surface area (Å²) in [7, 11) is 0. The third-order valence-corrected chi connectivity index (χ3v) is 2.21. The van der Waals surface area contributed by atoms with Crippen LogP contribution in [0.2, 0.25) is 0 Å². The third-order valence-electron chi connectivity index (χ3n) is 1.51. The summed E-state index contributed by atoms with van der Waals surface area (Å²) in [5, 5.41) is 10.9. The summed E-state index contributed by atoms with van der Waals surface area (Å²) in [4.78, 5) is 0. The maximum absolute atomic E-state index is 4.01. The zero-order chi connectivity index (χ0) is 8.23. The van der Waals surface area contributed by atoms with Gasteiger partial charge in [0, 0.05) is 6.20 Å². The average molecular weight is 176 g/mol. The zero-order valence-electron chi connectivity index (χ0n) is 6.40. The molecule has 1 N–H and O–H groups in total. The fourth-order valence-electron chi connectivity index (χ4n) is 0.916. The van der Waals surface area contributed by atoms with Crippen LogP contribution >= 0.6 is 11.3 Å². The molecule has 0 saturated carbocycles. The summed E-state index contributed by atoms with van der Waals surface area (Å²) in [6, 6.07) is 4.01. The number of nitrogens with one attached hydrogen (secondary N) is 1. The maximum atomic E-state index is 4.01. The first kappa shape index (κ1) is 7.31. The van der Waals surface area contributed by atoms with Gasteiger partial charge in [0.25, 0.3) is 0 Å². The molecule has 0 radical (unpaired) electrons. The van der Waals surface area contributed by atoms with Crippen molar-refractivity contribution in [1.82, 2.24) is 10.2 Å². The van der Waals surface area contributed by atoms with Crippen LogP contribution < -0.4 is 0 Å². The van der Waals surface area contributed by atoms with Gasteiger partial charge in [0.05, 0.1) is 5.69 Å². The second kappa shape index (κ2) is 3.36. The Bertz CT molecular complexity index is 310. The molecule has 0 aliphatic carbocycles. The molecule has 0 amide bonds. The van der Waals surface area contributed by atoms with Crippen molar-refractivity contribution in [2.24, 2.45) is 0 Å². The SMILES string of the molecule is C(=C/c1cc[nH]n1)/c1ccsc1. The molecular formula is C9H8N2S. The Balaban J connectivity index is 2.14. The highest BCUT2D eigenvalue weighted by Gasteiger charge is 1.87. The molecule has 0 fully saturated rings. The van der Waals surface area contributed by atoms with E-state index in [9.17, 15) is 0 Å². The maximum Gasteiger partial charge on any atom is 0.0848 e. The van der Waals surface area contributed by atoms with E-state index in [-0.39, 0.29) is 0 Å². The minimum atomic E-state index is 0.959. The number of H-pyrrole nitrogens is 1. The van der Waals surface area contributed by atoms with Gasteiger partial charge in [-0.05, 0) is 34.5 Å². The molecule has 0 aromatic carbocycles. The summed E-state index contributed by atoms with van der Waals surface area (Å²) < 4.78 is 0. The highest BCUT2D eigenvalue weighted by molar-refractivity contribution is 7.08. The van der Waals surface area contributed by atoms with E-state index in [1.807, 2.05) is 24.4 Å². The lowest BCUT2D eigenvalue weighted by Gasteiger charge is -1.81. The van der Waals surface area contributed by atoms with Crippen molar-refractivity contribution in [1.29, 1.82) is 0 Å². The molecule has 0 saturated heterocycles. The van der Waals surface area contributed by atoms with E-state index < -0.39 is 0 Å². The van der Waals surface area contributed by atoms with Crippen LogP contribution in [0, 0.1) is 0 Å². The third kappa shape index (κ3) is 1.62. The van der Waals surface area contributed by atoms with Crippen molar-refractivity contribution in [2.75, 3.05) is 0 Å². The summed E-state index contributed by atoms with van der Waals surface area (Å²) in [5.41, 5.74) is 2.18. The van der Waals surface area contributed by atoms with Gasteiger partial charge < -0.3 is 0 Å². The lowest BCUT2D eigenvalue weighted by molar-refractivity contribution is 1.08. The number of hydrogen-bond donors (Lipinski definition) is 1. The Labute approximate surface area is 74.6 Å². The molecule has 0 unspecified atom stereocenters. The molecule has 0 spiro atoms. The molecular weight excluding hydrogens is 168 g/mol. The molecule has 2 rings (SSSR count). The number of thiophene rings is 1. The van der Waals surface area contributed by atoms with Gasteiger partial charge in [-0.2, -0.15) is 16.4 Å². The average Bonchev–Trinajstić information content (AvgIpc) is 2.74. The number of rotatable bonds is 2. The fraction of sp³-hybridized carbons (Fsp3) is 0. The predicted molar refractivity (Wildman–Crippen MR) is 51.8 cm³/mol. The first-order chi connectivity index (χ1) is 5.95. The van der Waals surface area contributed by atoms with Crippen LogP contribution in [0.5, 0.6) is 0 Å². The van der Waals surface area contributed by atoms with Crippen molar-refractivity contribution < 1.29 is 0 Å². The molecule has 12 heavy (non-hydrogen) atoms. The smallest absolute Gasteiger partial charge is 0.0848 e. The van der Waals surface area contributed by atoms with Crippen molar-refractivity contribution >= 4 is 23.5 Å². The summed E-state index contributed by atoms with van der Waals surface area (Å²) in [6.45, 7) is 0. The molecule has 0 aliphatic rings. The second-order valence-corrected chi connectivity index (χ2v) is 3.17. The molecule has 0 bridgehead atoms. The highest BCUT2D eigenvalue weighted by atomic mass is 32.1. The Hall–Kier alpha value is -1.35. The molecule has 3 heteroatoms. The molecule has 2 nitrogen and oxygen atoms in total. The van der Waals surface area contributed by atoms with Gasteiger partial charge in [-0.25, -0.2) is 0 Å². The normalized spacial score (nSPS) is 11.0. The molecule has 2 aromatic heterocycles. The summed E-state index contributed by atoms with van der Waals surface area (Å²) in [5.74, 6) is 0. The molecule has 0 atom stereocenters. The van der Waals surface area contributed by atoms with Crippen molar-refractivity contribution in [3.8, 4) is 0 Å². The van der Waals surface area contributed by atoms with Crippen LogP contribution in [0.25, 0.3) is 12.2 Å². The minimum Gasteiger partial charge on any atom is -0.285 e. The Kier molecular flexibility index (Phi) is 2.05. The van der Waals surface area contributed by atoms with Gasteiger partial charge in [-0.1, -0.05) is 6.08 Å². The van der Waals surface area contributed by atoms with Gasteiger partial charge in [0.2, 0.25) is 0 Å². The van der Waals surface area contributed by atoms with Crippen LogP contribution in [-0.4, -0.2) is 10.2 Å². The van der Waals surface area contributed by atoms with Gasteiger partial charge >= 0.3 is 0 Å². The van der Waals surface area contributed by atoms with Crippen LogP contribution in [0.1, 0.15) is 11.3 Å². The van der Waals surface area contributed by atoms with Crippen LogP contribution in [0.15, 0.2) is 29.1 Å². The lowest BCUT2D eigenvalue weighted by Crippen LogP contribution is -1.69. The van der Waals surface area contributed by atoms with E-state index in [0.717, 1.165) is 5.69 Å². The topological polar surface area (TPSA) is 28.7 Å². The van der Waals surface area contributed by atoms with Crippen molar-refractivity contribution in [2.45, 2.75) is 0 Å². The van der Waals surface area contributed by atoms with Gasteiger partial charge in [-0.15, -0.1) is 0 Å². The Morgan fingerprint density at radius 2 is 2.33 bits per heavy atom. The second-order valence-electron chi connectivity index (χ2n) is 2.39. The summed E-state index contributed by atoms with van der Waals surface area (Å²) in [6.07, 6.45) is 5.85. The molecule has 2 heterocycles. The monoisotopic (exact) mass is 176 g/mol. The molecule has 0 aliphatic heterocycles. The van der Waals surface area contributed by atoms with Gasteiger partial charge in [0.1, 0.15) is 0 Å². The van der Waals surface area contributed by atoms with E-state index in [2.05, 4.69) is 27.0 Å². The first-order valence-electron chi connectivity index (χ1n) is 3.65. The van der Waals surface area contributed by atoms with Crippen molar-refractivity contribution in [3.05, 3.63) is 40.3 Å². The van der Waals surface area contributed by atoms with Crippen LogP contribution in [0.4, 0.5) is 0 Å². The predicted octanol–water partition coefficient (Wildman–Crippen LogP) is 2.64. The largest absolute Gasteiger partial charge is 0.285 e. The number of aromatic amines is 1. The number of nitrogens with zero attached hydrogens (tertiary/aromatic N) is 1. The lowest BCUT2D eigenvalue weighted by atomic mass is 10.3. The standard InChI is InChI=1S/C9H8N2S/c1(8-4-6-12-7-8)2-9-3-5-10-11-9/h1-7H,(H,10,11)/b2-1-. The zero-order valence-corrected chi connectivity index (χ0v) is 7.21. The Morgan fingerprint density at radius 3 is 3.00 bits per heavy atom. The molecule has 60 valence electrons. The quantitative estimate of drug-likeness (QED) is 0.748. The van der Waals surface area contributed by atoms with E-state index >= 15 is 0 Å². The number of hydrogen-bond acceptors (Lipinski definition) is 2.